The van der Waals surface area contributed by atoms with Crippen molar-refractivity contribution in [2.45, 2.75) is 40.2 Å². The van der Waals surface area contributed by atoms with Crippen LogP contribution in [-0.4, -0.2) is 30.1 Å². The summed E-state index contributed by atoms with van der Waals surface area (Å²) < 4.78 is 5.78. The van der Waals surface area contributed by atoms with Gasteiger partial charge in [-0.2, -0.15) is 0 Å². The average molecular weight is 259 g/mol. The Balaban J connectivity index is 2.60. The van der Waals surface area contributed by atoms with Crippen LogP contribution in [0.2, 0.25) is 0 Å². The quantitative estimate of drug-likeness (QED) is 0.767. The fourth-order valence-corrected chi connectivity index (χ4v) is 1.66. The Morgan fingerprint density at radius 2 is 1.63 bits per heavy atom. The molecule has 0 unspecified atom stereocenters. The number of hydrogen-bond donors (Lipinski definition) is 0. The molecule has 0 fully saturated rings. The molecule has 104 valence electrons. The molecule has 19 heavy (non-hydrogen) atoms. The molecule has 2 nitrogen and oxygen atoms in total. The number of benzene rings is 1. The van der Waals surface area contributed by atoms with Gasteiger partial charge >= 0.3 is 0 Å². The zero-order valence-electron chi connectivity index (χ0n) is 12.8. The van der Waals surface area contributed by atoms with Gasteiger partial charge in [0.2, 0.25) is 0 Å². The van der Waals surface area contributed by atoms with E-state index in [0.717, 1.165) is 30.9 Å². The van der Waals surface area contributed by atoms with Crippen molar-refractivity contribution < 1.29 is 4.74 Å². The van der Waals surface area contributed by atoms with Gasteiger partial charge in [0, 0.05) is 5.56 Å². The summed E-state index contributed by atoms with van der Waals surface area (Å²) in [4.78, 5) is 2.30. The third-order valence-electron chi connectivity index (χ3n) is 2.71. The zero-order chi connectivity index (χ0) is 14.3. The zero-order valence-corrected chi connectivity index (χ0v) is 12.8. The van der Waals surface area contributed by atoms with Gasteiger partial charge in [-0.25, -0.2) is 0 Å². The molecular formula is C17H25NO. The van der Waals surface area contributed by atoms with E-state index < -0.39 is 0 Å². The van der Waals surface area contributed by atoms with Crippen LogP contribution in [0, 0.1) is 11.8 Å². The number of nitrogens with zero attached hydrogens (tertiary/aromatic N) is 1. The third-order valence-corrected chi connectivity index (χ3v) is 2.71. The third kappa shape index (κ3) is 6.31. The van der Waals surface area contributed by atoms with Gasteiger partial charge in [0.25, 0.3) is 0 Å². The van der Waals surface area contributed by atoms with Crippen molar-refractivity contribution >= 4 is 0 Å². The Morgan fingerprint density at radius 1 is 1.05 bits per heavy atom. The molecule has 0 saturated heterocycles. The van der Waals surface area contributed by atoms with E-state index in [4.69, 9.17) is 4.74 Å². The van der Waals surface area contributed by atoms with Crippen molar-refractivity contribution in [3.8, 4) is 17.6 Å². The molecule has 1 aromatic carbocycles. The molecule has 0 aliphatic carbocycles. The van der Waals surface area contributed by atoms with Gasteiger partial charge in [0.15, 0.2) is 0 Å². The first-order valence-electron chi connectivity index (χ1n) is 6.95. The number of ether oxygens (including phenoxy) is 1. The van der Waals surface area contributed by atoms with E-state index in [0.29, 0.717) is 0 Å². The molecule has 0 amide bonds. The lowest BCUT2D eigenvalue weighted by atomic mass is 10.1. The lowest BCUT2D eigenvalue weighted by molar-refractivity contribution is 0.131. The first-order valence-corrected chi connectivity index (χ1v) is 6.95. The molecule has 0 heterocycles. The molecule has 1 aromatic rings. The van der Waals surface area contributed by atoms with E-state index in [-0.39, 0.29) is 5.60 Å². The van der Waals surface area contributed by atoms with Crippen molar-refractivity contribution in [2.75, 3.05) is 19.6 Å². The van der Waals surface area contributed by atoms with Gasteiger partial charge in [-0.1, -0.05) is 25.7 Å². The second-order valence-electron chi connectivity index (χ2n) is 5.50. The van der Waals surface area contributed by atoms with E-state index in [1.165, 1.54) is 0 Å². The summed E-state index contributed by atoms with van der Waals surface area (Å²) in [5, 5.41) is 0. The van der Waals surface area contributed by atoms with E-state index >= 15 is 0 Å². The van der Waals surface area contributed by atoms with Crippen molar-refractivity contribution in [3.05, 3.63) is 29.8 Å². The van der Waals surface area contributed by atoms with Crippen LogP contribution < -0.4 is 4.74 Å². The number of hydrogen-bond acceptors (Lipinski definition) is 2. The van der Waals surface area contributed by atoms with Crippen molar-refractivity contribution in [1.29, 1.82) is 0 Å². The molecule has 0 aliphatic heterocycles. The second-order valence-corrected chi connectivity index (χ2v) is 5.50. The van der Waals surface area contributed by atoms with Crippen LogP contribution in [0.3, 0.4) is 0 Å². The number of rotatable bonds is 4. The van der Waals surface area contributed by atoms with Crippen molar-refractivity contribution in [2.24, 2.45) is 0 Å². The Morgan fingerprint density at radius 3 is 2.11 bits per heavy atom. The van der Waals surface area contributed by atoms with Crippen LogP contribution in [-0.2, 0) is 0 Å². The minimum Gasteiger partial charge on any atom is -0.488 e. The monoisotopic (exact) mass is 259 g/mol. The molecule has 0 bridgehead atoms. The molecule has 0 atom stereocenters. The molecule has 1 rings (SSSR count). The minimum atomic E-state index is -0.157. The Hall–Kier alpha value is -1.46. The summed E-state index contributed by atoms with van der Waals surface area (Å²) in [5.41, 5.74) is 0.879. The SMILES string of the molecule is CCN(CC)CC#Cc1ccc(OC(C)(C)C)cc1. The van der Waals surface area contributed by atoms with Gasteiger partial charge in [0.1, 0.15) is 11.4 Å². The maximum absolute atomic E-state index is 5.78. The fraction of sp³-hybridized carbons (Fsp3) is 0.529. The minimum absolute atomic E-state index is 0.157. The molecule has 0 N–H and O–H groups in total. The van der Waals surface area contributed by atoms with Gasteiger partial charge < -0.3 is 4.74 Å². The molecule has 0 aromatic heterocycles. The standard InChI is InChI=1S/C17H25NO/c1-6-18(7-2)14-8-9-15-10-12-16(13-11-15)19-17(3,4)5/h10-13H,6-7,14H2,1-5H3. The molecule has 2 heteroatoms. The van der Waals surface area contributed by atoms with E-state index in [2.05, 4.69) is 30.6 Å². The van der Waals surface area contributed by atoms with Crippen molar-refractivity contribution in [1.82, 2.24) is 4.90 Å². The molecule has 0 spiro atoms. The summed E-state index contributed by atoms with van der Waals surface area (Å²) >= 11 is 0. The van der Waals surface area contributed by atoms with Crippen molar-refractivity contribution in [3.63, 3.8) is 0 Å². The Labute approximate surface area is 117 Å². The summed E-state index contributed by atoms with van der Waals surface area (Å²) in [6, 6.07) is 7.98. The largest absolute Gasteiger partial charge is 0.488 e. The van der Waals surface area contributed by atoms with Crippen LogP contribution in [0.4, 0.5) is 0 Å². The highest BCUT2D eigenvalue weighted by Crippen LogP contribution is 2.18. The van der Waals surface area contributed by atoms with Crippen LogP contribution >= 0.6 is 0 Å². The predicted octanol–water partition coefficient (Wildman–Crippen LogP) is 3.56. The highest BCUT2D eigenvalue weighted by atomic mass is 16.5. The van der Waals surface area contributed by atoms with Crippen LogP contribution in [0.25, 0.3) is 0 Å². The summed E-state index contributed by atoms with van der Waals surface area (Å²) in [6.07, 6.45) is 0. The molecule has 0 saturated carbocycles. The Bertz CT molecular complexity index is 427. The van der Waals surface area contributed by atoms with Crippen LogP contribution in [0.1, 0.15) is 40.2 Å². The molecule has 0 radical (unpaired) electrons. The van der Waals surface area contributed by atoms with Crippen LogP contribution in [0.5, 0.6) is 5.75 Å². The first-order chi connectivity index (χ1) is 8.94. The predicted molar refractivity (Wildman–Crippen MR) is 81.5 cm³/mol. The smallest absolute Gasteiger partial charge is 0.120 e. The summed E-state index contributed by atoms with van der Waals surface area (Å²) in [5.74, 6) is 7.28. The normalized spacial score (nSPS) is 11.1. The topological polar surface area (TPSA) is 12.5 Å². The van der Waals surface area contributed by atoms with Gasteiger partial charge in [-0.15, -0.1) is 0 Å². The van der Waals surface area contributed by atoms with E-state index in [9.17, 15) is 0 Å². The maximum Gasteiger partial charge on any atom is 0.120 e. The van der Waals surface area contributed by atoms with Gasteiger partial charge in [-0.3, -0.25) is 4.90 Å². The maximum atomic E-state index is 5.78. The van der Waals surface area contributed by atoms with Crippen LogP contribution in [0.15, 0.2) is 24.3 Å². The average Bonchev–Trinajstić information content (AvgIpc) is 2.35. The fourth-order valence-electron chi connectivity index (χ4n) is 1.66. The summed E-state index contributed by atoms with van der Waals surface area (Å²) in [6.45, 7) is 13.4. The Kier molecular flexibility index (Phi) is 5.92. The van der Waals surface area contributed by atoms with Gasteiger partial charge in [0.05, 0.1) is 6.54 Å². The second kappa shape index (κ2) is 7.21. The molecule has 0 aliphatic rings. The van der Waals surface area contributed by atoms with Gasteiger partial charge in [-0.05, 0) is 58.1 Å². The lowest BCUT2D eigenvalue weighted by Gasteiger charge is -2.21. The highest BCUT2D eigenvalue weighted by Gasteiger charge is 2.10. The molecular weight excluding hydrogens is 234 g/mol. The van der Waals surface area contributed by atoms with E-state index in [1.54, 1.807) is 0 Å². The highest BCUT2D eigenvalue weighted by molar-refractivity contribution is 5.38. The summed E-state index contributed by atoms with van der Waals surface area (Å²) in [7, 11) is 0. The first kappa shape index (κ1) is 15.6. The van der Waals surface area contributed by atoms with E-state index in [1.807, 2.05) is 45.0 Å². The lowest BCUT2D eigenvalue weighted by Crippen LogP contribution is -2.23.